The van der Waals surface area contributed by atoms with Gasteiger partial charge < -0.3 is 0 Å². The van der Waals surface area contributed by atoms with Gasteiger partial charge in [-0.1, -0.05) is 0 Å². The predicted molar refractivity (Wildman–Crippen MR) is 113 cm³/mol. The number of hydrogen-bond donors (Lipinski definition) is 0. The first-order chi connectivity index (χ1) is 12.3. The van der Waals surface area contributed by atoms with Crippen molar-refractivity contribution in [3.8, 4) is 0 Å². The van der Waals surface area contributed by atoms with Gasteiger partial charge >= 0.3 is 159 Å². The van der Waals surface area contributed by atoms with Crippen LogP contribution in [0.25, 0.3) is 0 Å². The maximum atomic E-state index is 6.58. The van der Waals surface area contributed by atoms with Crippen molar-refractivity contribution in [1.29, 1.82) is 0 Å². The van der Waals surface area contributed by atoms with Crippen molar-refractivity contribution in [3.05, 3.63) is 91.0 Å². The molecule has 0 N–H and O–H groups in total. The Morgan fingerprint density at radius 1 is 0.680 bits per heavy atom. The molecule has 4 rings (SSSR count). The van der Waals surface area contributed by atoms with Crippen LogP contribution in [0.3, 0.4) is 0 Å². The minimum absolute atomic E-state index is 0.718. The molecule has 0 atom stereocenters. The molecule has 0 radical (unpaired) electrons. The first-order valence-corrected chi connectivity index (χ1v) is 11.8. The second-order valence-corrected chi connectivity index (χ2v) is 12.3. The Bertz CT molecular complexity index is 732. The van der Waals surface area contributed by atoms with Crippen LogP contribution in [0.15, 0.2) is 91.0 Å². The Morgan fingerprint density at radius 2 is 1.04 bits per heavy atom. The van der Waals surface area contributed by atoms with Gasteiger partial charge in [0.15, 0.2) is 0 Å². The quantitative estimate of drug-likeness (QED) is 0.507. The van der Waals surface area contributed by atoms with Crippen LogP contribution in [0.4, 0.5) is 0 Å². The van der Waals surface area contributed by atoms with Crippen LogP contribution in [0, 0.1) is 5.92 Å². The molecule has 1 aliphatic carbocycles. The molecule has 3 aromatic carbocycles. The third-order valence-corrected chi connectivity index (χ3v) is 13.0. The summed E-state index contributed by atoms with van der Waals surface area (Å²) in [6.45, 7) is -3.04. The molecule has 1 nitrogen and oxygen atoms in total. The number of hydrogen-bond acceptors (Lipinski definition) is 1. The SMILES string of the molecule is BrOP(CC1CC1)(c1ccccc1)(c1ccccc1)c1ccccc1. The summed E-state index contributed by atoms with van der Waals surface area (Å²) in [7, 11) is 0. The van der Waals surface area contributed by atoms with Crippen LogP contribution >= 0.6 is 23.1 Å². The van der Waals surface area contributed by atoms with E-state index >= 15 is 0 Å². The molecular weight excluding hydrogens is 391 g/mol. The van der Waals surface area contributed by atoms with Gasteiger partial charge in [0.2, 0.25) is 0 Å². The summed E-state index contributed by atoms with van der Waals surface area (Å²) in [6.07, 6.45) is 3.64. The maximum absolute atomic E-state index is 6.58. The summed E-state index contributed by atoms with van der Waals surface area (Å²) in [6, 6.07) is 32.4. The molecule has 1 saturated carbocycles. The van der Waals surface area contributed by atoms with Crippen molar-refractivity contribution < 1.29 is 3.62 Å². The molecular formula is C22H22BrOP. The van der Waals surface area contributed by atoms with E-state index in [1.807, 2.05) is 0 Å². The summed E-state index contributed by atoms with van der Waals surface area (Å²) < 4.78 is 6.58. The molecule has 0 amide bonds. The fraction of sp³-hybridized carbons (Fsp3) is 0.182. The number of rotatable bonds is 6. The zero-order valence-corrected chi connectivity index (χ0v) is 16.6. The summed E-state index contributed by atoms with van der Waals surface area (Å²) in [5.41, 5.74) is 0. The monoisotopic (exact) mass is 412 g/mol. The molecule has 0 saturated heterocycles. The molecule has 0 bridgehead atoms. The third-order valence-electron chi connectivity index (χ3n) is 5.36. The molecule has 0 unspecified atom stereocenters. The van der Waals surface area contributed by atoms with Gasteiger partial charge in [-0.2, -0.15) is 0 Å². The zero-order valence-electron chi connectivity index (χ0n) is 14.1. The van der Waals surface area contributed by atoms with Crippen LogP contribution in [-0.2, 0) is 3.62 Å². The van der Waals surface area contributed by atoms with Gasteiger partial charge in [-0.3, -0.25) is 0 Å². The second kappa shape index (κ2) is 6.68. The summed E-state index contributed by atoms with van der Waals surface area (Å²) in [4.78, 5) is 0. The first-order valence-electron chi connectivity index (χ1n) is 8.78. The van der Waals surface area contributed by atoms with Crippen molar-refractivity contribution in [2.24, 2.45) is 5.92 Å². The topological polar surface area (TPSA) is 9.23 Å². The predicted octanol–water partition coefficient (Wildman–Crippen LogP) is 5.17. The zero-order chi connectivity index (χ0) is 17.2. The van der Waals surface area contributed by atoms with Gasteiger partial charge in [-0.15, -0.1) is 0 Å². The van der Waals surface area contributed by atoms with Gasteiger partial charge in [-0.05, 0) is 0 Å². The summed E-state index contributed by atoms with van der Waals surface area (Å²) >= 11 is 3.55. The van der Waals surface area contributed by atoms with Crippen molar-refractivity contribution in [1.82, 2.24) is 0 Å². The molecule has 0 aromatic heterocycles. The Hall–Kier alpha value is -1.47. The Labute approximate surface area is 158 Å². The molecule has 0 spiro atoms. The van der Waals surface area contributed by atoms with E-state index < -0.39 is 6.83 Å². The van der Waals surface area contributed by atoms with Gasteiger partial charge in [-0.25, -0.2) is 0 Å². The average Bonchev–Trinajstić information content (AvgIpc) is 3.52. The van der Waals surface area contributed by atoms with Gasteiger partial charge in [0, 0.05) is 0 Å². The van der Waals surface area contributed by atoms with Gasteiger partial charge in [0.05, 0.1) is 0 Å². The van der Waals surface area contributed by atoms with E-state index in [1.54, 1.807) is 0 Å². The average molecular weight is 413 g/mol. The Balaban J connectivity index is 2.11. The molecule has 1 fully saturated rings. The molecule has 0 aliphatic heterocycles. The molecule has 128 valence electrons. The summed E-state index contributed by atoms with van der Waals surface area (Å²) in [5.74, 6) is 0.718. The molecule has 25 heavy (non-hydrogen) atoms. The molecule has 3 aromatic rings. The van der Waals surface area contributed by atoms with E-state index in [4.69, 9.17) is 3.62 Å². The van der Waals surface area contributed by atoms with Gasteiger partial charge in [0.25, 0.3) is 0 Å². The van der Waals surface area contributed by atoms with E-state index in [0.717, 1.165) is 12.1 Å². The van der Waals surface area contributed by atoms with Crippen LogP contribution < -0.4 is 15.9 Å². The van der Waals surface area contributed by atoms with Crippen LogP contribution in [0.2, 0.25) is 0 Å². The molecule has 1 aliphatic rings. The first kappa shape index (κ1) is 17.0. The second-order valence-electron chi connectivity index (χ2n) is 6.91. The van der Waals surface area contributed by atoms with Crippen LogP contribution in [-0.4, -0.2) is 6.16 Å². The fourth-order valence-corrected chi connectivity index (χ4v) is 11.4. The standard InChI is InChI=1S/C22H22BrOP/c23-24-25(18-19-16-17-19,20-10-4-1-5-11-20,21-12-6-2-7-13-21)22-14-8-3-9-15-22/h1-15,19H,16-18H2. The van der Waals surface area contributed by atoms with E-state index in [0.29, 0.717) is 0 Å². The Kier molecular flexibility index (Phi) is 4.54. The minimum atomic E-state index is -3.04. The van der Waals surface area contributed by atoms with Crippen molar-refractivity contribution in [2.45, 2.75) is 12.8 Å². The van der Waals surface area contributed by atoms with Crippen molar-refractivity contribution >= 4 is 39.0 Å². The van der Waals surface area contributed by atoms with E-state index in [-0.39, 0.29) is 0 Å². The number of benzene rings is 3. The Morgan fingerprint density at radius 3 is 1.32 bits per heavy atom. The van der Waals surface area contributed by atoms with Crippen LogP contribution in [0.1, 0.15) is 12.8 Å². The van der Waals surface area contributed by atoms with Crippen molar-refractivity contribution in [2.75, 3.05) is 6.16 Å². The number of halogens is 1. The summed E-state index contributed by atoms with van der Waals surface area (Å²) in [5, 5.41) is 3.86. The normalized spacial score (nSPS) is 16.1. The van der Waals surface area contributed by atoms with Crippen LogP contribution in [0.5, 0.6) is 0 Å². The van der Waals surface area contributed by atoms with E-state index in [1.165, 1.54) is 28.8 Å². The van der Waals surface area contributed by atoms with E-state index in [2.05, 4.69) is 107 Å². The van der Waals surface area contributed by atoms with Gasteiger partial charge in [0.1, 0.15) is 0 Å². The van der Waals surface area contributed by atoms with Crippen molar-refractivity contribution in [3.63, 3.8) is 0 Å². The third kappa shape index (κ3) is 2.68. The fourth-order valence-electron chi connectivity index (χ4n) is 3.93. The molecule has 3 heteroatoms. The van der Waals surface area contributed by atoms with E-state index in [9.17, 15) is 0 Å². The molecule has 0 heterocycles.